The average molecular weight is 801 g/mol. The normalized spacial score (nSPS) is 20.2. The van der Waals surface area contributed by atoms with Gasteiger partial charge in [-0.2, -0.15) is 13.6 Å². The Labute approximate surface area is 293 Å². The Hall–Kier alpha value is -3.60. The molecule has 3 rings (SSSR count). The number of hydrogen-bond acceptors (Lipinski definition) is 17. The third-order valence-corrected chi connectivity index (χ3v) is 10.3. The Balaban J connectivity index is 1.83. The Morgan fingerprint density at radius 2 is 1.85 bits per heavy atom. The fourth-order valence-electron chi connectivity index (χ4n) is 4.44. The monoisotopic (exact) mass is 800 g/mol. The maximum atomic E-state index is 13.6. The maximum Gasteiger partial charge on any atom is 0.490 e. The molecule has 0 radical (unpaired) electrons. The first kappa shape index (κ1) is 42.8. The van der Waals surface area contributed by atoms with Crippen LogP contribution in [0.15, 0.2) is 40.4 Å². The molecular weight excluding hydrogens is 765 g/mol. The average Bonchev–Trinajstić information content (AvgIpc) is 3.42. The molecule has 1 aromatic heterocycles. The number of nitrogen functional groups attached to an aromatic ring is 1. The number of nitrogens with one attached hydrogen (secondary N) is 1. The summed E-state index contributed by atoms with van der Waals surface area (Å²) in [5.74, 6) is -1.75. The van der Waals surface area contributed by atoms with Crippen molar-refractivity contribution in [1.82, 2.24) is 9.55 Å². The zero-order valence-electron chi connectivity index (χ0n) is 27.0. The van der Waals surface area contributed by atoms with Gasteiger partial charge in [-0.1, -0.05) is 12.0 Å². The lowest BCUT2D eigenvalue weighted by atomic mass is 10.0. The van der Waals surface area contributed by atoms with Crippen molar-refractivity contribution in [2.45, 2.75) is 37.8 Å². The second kappa shape index (κ2) is 18.9. The quantitative estimate of drug-likeness (QED) is 0.0245. The molecule has 1 aliphatic heterocycles. The van der Waals surface area contributed by atoms with Gasteiger partial charge in [-0.05, 0) is 35.4 Å². The van der Waals surface area contributed by atoms with Gasteiger partial charge in [0.05, 0.1) is 38.0 Å². The molecule has 9 N–H and O–H groups in total. The fraction of sp³-hybridized carbons (Fsp3) is 0.500. The Bertz CT molecular complexity index is 1840. The van der Waals surface area contributed by atoms with Gasteiger partial charge < -0.3 is 55.3 Å². The minimum absolute atomic E-state index is 0.0935. The standard InChI is InChI=1S/C24H35N8O17P3/c1-14(30-31-27)17-10-15(28-21(33)13-44-9-8-43-7-5-25)2-3-16(17)23(34)47-18-11-22(32-6-4-20(26)29-24(32)35)46-19(18)12-45-51(39,40)49-52(41,42)48-50(36,37)38/h2-4,6,10,14,18-19,22H,5,7-9,11-13,25H2,1H3,(H,28,33)(H,39,40)(H,41,42)(H2,26,29,35)(H2,36,37,38)/t14?,18?,19-,22-/m1/s1. The summed E-state index contributed by atoms with van der Waals surface area (Å²) < 4.78 is 69.9. The maximum absolute atomic E-state index is 13.6. The summed E-state index contributed by atoms with van der Waals surface area (Å²) >= 11 is 0. The van der Waals surface area contributed by atoms with Crippen LogP contribution in [0.25, 0.3) is 10.4 Å². The van der Waals surface area contributed by atoms with E-state index in [0.717, 1.165) is 4.57 Å². The Morgan fingerprint density at radius 1 is 1.13 bits per heavy atom. The number of aromatic nitrogens is 2. The van der Waals surface area contributed by atoms with E-state index in [1.807, 2.05) is 0 Å². The minimum atomic E-state index is -5.86. The number of nitrogens with two attached hydrogens (primary N) is 2. The summed E-state index contributed by atoms with van der Waals surface area (Å²) in [6.45, 7) is 1.06. The van der Waals surface area contributed by atoms with Crippen LogP contribution >= 0.6 is 23.5 Å². The number of phosphoric acid groups is 3. The molecule has 0 saturated carbocycles. The summed E-state index contributed by atoms with van der Waals surface area (Å²) in [6.07, 6.45) is -3.27. The number of carbonyl (C=O) groups is 2. The van der Waals surface area contributed by atoms with E-state index in [-0.39, 0.29) is 48.9 Å². The summed E-state index contributed by atoms with van der Waals surface area (Å²) in [4.78, 5) is 81.7. The van der Waals surface area contributed by atoms with Crippen molar-refractivity contribution in [2.75, 3.05) is 50.6 Å². The molecular formula is C24H35N8O17P3. The number of rotatable bonds is 20. The topological polar surface area (TPSA) is 379 Å². The van der Waals surface area contributed by atoms with E-state index in [0.29, 0.717) is 13.2 Å². The lowest BCUT2D eigenvalue weighted by molar-refractivity contribution is -0.121. The SMILES string of the molecule is CC(N=[N+]=[N-])c1cc(NC(=O)COCCOCCN)ccc1C(=O)OC1C[C@H](n2ccc(N)nc2=O)O[C@@H]1COP(=O)(O)OP(=O)(O)OP(=O)(O)O. The van der Waals surface area contributed by atoms with Crippen molar-refractivity contribution in [3.8, 4) is 0 Å². The van der Waals surface area contributed by atoms with Crippen molar-refractivity contribution >= 4 is 46.8 Å². The molecule has 1 aromatic carbocycles. The molecule has 288 valence electrons. The van der Waals surface area contributed by atoms with Crippen molar-refractivity contribution < 1.29 is 75.0 Å². The van der Waals surface area contributed by atoms with Crippen LogP contribution in [-0.2, 0) is 50.6 Å². The molecule has 4 unspecified atom stereocenters. The van der Waals surface area contributed by atoms with Crippen LogP contribution in [0.5, 0.6) is 0 Å². The van der Waals surface area contributed by atoms with Gasteiger partial charge in [0.15, 0.2) is 0 Å². The van der Waals surface area contributed by atoms with Gasteiger partial charge in [-0.15, -0.1) is 0 Å². The second-order valence-electron chi connectivity index (χ2n) is 10.4. The third kappa shape index (κ3) is 13.7. The number of nitrogens with zero attached hydrogens (tertiary/aromatic N) is 5. The molecule has 1 fully saturated rings. The van der Waals surface area contributed by atoms with Gasteiger partial charge in [0.25, 0.3) is 0 Å². The van der Waals surface area contributed by atoms with E-state index in [4.69, 9.17) is 45.7 Å². The first-order valence-corrected chi connectivity index (χ1v) is 19.2. The molecule has 1 aliphatic rings. The zero-order chi connectivity index (χ0) is 38.7. The summed E-state index contributed by atoms with van der Waals surface area (Å²) in [5, 5.41) is 6.18. The number of anilines is 2. The molecule has 0 bridgehead atoms. The van der Waals surface area contributed by atoms with Gasteiger partial charge in [0, 0.05) is 29.8 Å². The van der Waals surface area contributed by atoms with Gasteiger partial charge in [0.1, 0.15) is 30.9 Å². The molecule has 52 heavy (non-hydrogen) atoms. The number of amides is 1. The van der Waals surface area contributed by atoms with E-state index in [1.54, 1.807) is 0 Å². The smallest absolute Gasteiger partial charge is 0.456 e. The lowest BCUT2D eigenvalue weighted by Crippen LogP contribution is -2.31. The third-order valence-electron chi connectivity index (χ3n) is 6.52. The number of phosphoric ester groups is 1. The highest BCUT2D eigenvalue weighted by Crippen LogP contribution is 2.66. The predicted octanol–water partition coefficient (Wildman–Crippen LogP) is 0.984. The van der Waals surface area contributed by atoms with Crippen LogP contribution in [0.1, 0.15) is 41.5 Å². The molecule has 0 spiro atoms. The summed E-state index contributed by atoms with van der Waals surface area (Å²) in [5.41, 5.74) is 19.1. The first-order chi connectivity index (χ1) is 24.3. The second-order valence-corrected chi connectivity index (χ2v) is 14.8. The molecule has 25 nitrogen and oxygen atoms in total. The van der Waals surface area contributed by atoms with Gasteiger partial charge in [-0.3, -0.25) is 13.9 Å². The predicted molar refractivity (Wildman–Crippen MR) is 174 cm³/mol. The van der Waals surface area contributed by atoms with Gasteiger partial charge in [0.2, 0.25) is 5.91 Å². The molecule has 2 aromatic rings. The van der Waals surface area contributed by atoms with E-state index >= 15 is 0 Å². The number of ether oxygens (including phenoxy) is 4. The molecule has 1 amide bonds. The minimum Gasteiger partial charge on any atom is -0.456 e. The molecule has 28 heteroatoms. The van der Waals surface area contributed by atoms with Crippen LogP contribution < -0.4 is 22.5 Å². The lowest BCUT2D eigenvalue weighted by Gasteiger charge is -2.22. The van der Waals surface area contributed by atoms with Crippen LogP contribution in [-0.4, -0.2) is 92.8 Å². The van der Waals surface area contributed by atoms with E-state index in [9.17, 15) is 37.9 Å². The first-order valence-electron chi connectivity index (χ1n) is 14.7. The largest absolute Gasteiger partial charge is 0.490 e. The molecule has 2 heterocycles. The van der Waals surface area contributed by atoms with Crippen molar-refractivity contribution in [1.29, 1.82) is 0 Å². The van der Waals surface area contributed by atoms with Crippen molar-refractivity contribution in [3.05, 3.63) is 62.5 Å². The van der Waals surface area contributed by atoms with E-state index < -0.39 is 72.1 Å². The van der Waals surface area contributed by atoms with E-state index in [1.165, 1.54) is 37.4 Å². The van der Waals surface area contributed by atoms with Crippen molar-refractivity contribution in [2.24, 2.45) is 10.8 Å². The fourth-order valence-corrected chi connectivity index (χ4v) is 7.47. The number of carbonyl (C=O) groups excluding carboxylic acids is 2. The Kier molecular flexibility index (Phi) is 15.6. The molecule has 6 atom stereocenters. The van der Waals surface area contributed by atoms with Crippen molar-refractivity contribution in [3.63, 3.8) is 0 Å². The zero-order valence-corrected chi connectivity index (χ0v) is 29.7. The number of azide groups is 1. The Morgan fingerprint density at radius 3 is 2.50 bits per heavy atom. The highest BCUT2D eigenvalue weighted by atomic mass is 31.3. The summed E-state index contributed by atoms with van der Waals surface area (Å²) in [6, 6.07) is 4.19. The highest BCUT2D eigenvalue weighted by molar-refractivity contribution is 7.66. The van der Waals surface area contributed by atoms with Gasteiger partial charge >= 0.3 is 35.1 Å². The number of hydrogen-bond donors (Lipinski definition) is 7. The summed E-state index contributed by atoms with van der Waals surface area (Å²) in [7, 11) is -17.2. The van der Waals surface area contributed by atoms with E-state index in [2.05, 4.69) is 33.5 Å². The highest BCUT2D eigenvalue weighted by Gasteiger charge is 2.44. The number of benzene rings is 1. The van der Waals surface area contributed by atoms with Crippen LogP contribution in [0, 0.1) is 0 Å². The number of esters is 1. The van der Waals surface area contributed by atoms with Crippen LogP contribution in [0.2, 0.25) is 0 Å². The molecule has 0 aliphatic carbocycles. The van der Waals surface area contributed by atoms with Gasteiger partial charge in [-0.25, -0.2) is 23.3 Å². The van der Waals surface area contributed by atoms with Crippen LogP contribution in [0.3, 0.4) is 0 Å². The van der Waals surface area contributed by atoms with Crippen LogP contribution in [0.4, 0.5) is 11.5 Å². The molecule has 1 saturated heterocycles.